The molecule has 0 aromatic heterocycles. The van der Waals surface area contributed by atoms with E-state index in [1.54, 1.807) is 0 Å². The van der Waals surface area contributed by atoms with Gasteiger partial charge in [0.1, 0.15) is 5.73 Å². The zero-order chi connectivity index (χ0) is 12.6. The topological polar surface area (TPSA) is 44.8 Å². The minimum atomic E-state index is -2.44. The number of hydrogen-bond donors (Lipinski definition) is 0. The van der Waals surface area contributed by atoms with E-state index in [-0.39, 0.29) is 5.73 Å². The van der Waals surface area contributed by atoms with E-state index in [2.05, 4.69) is 6.58 Å². The van der Waals surface area contributed by atoms with E-state index in [1.165, 1.54) is 0 Å². The number of ether oxygens (including phenoxy) is 1. The molecule has 0 fully saturated rings. The highest BCUT2D eigenvalue weighted by Crippen LogP contribution is 2.20. The van der Waals surface area contributed by atoms with Gasteiger partial charge in [0.15, 0.2) is 0 Å². The van der Waals surface area contributed by atoms with Crippen molar-refractivity contribution in [1.82, 2.24) is 0 Å². The lowest BCUT2D eigenvalue weighted by atomic mass is 10.6. The average Bonchev–Trinajstić information content (AvgIpc) is 2.28. The molecule has 0 amide bonds. The SMILES string of the molecule is C=CC(=O)OC(C)[Si](CC)(OCC)OCC. The highest BCUT2D eigenvalue weighted by Gasteiger charge is 2.44. The van der Waals surface area contributed by atoms with E-state index in [9.17, 15) is 4.79 Å². The summed E-state index contributed by atoms with van der Waals surface area (Å²) in [5.41, 5.74) is -0.331. The molecule has 0 aromatic rings. The molecule has 0 aromatic carbocycles. The lowest BCUT2D eigenvalue weighted by Crippen LogP contribution is -2.53. The van der Waals surface area contributed by atoms with Gasteiger partial charge >= 0.3 is 14.5 Å². The Morgan fingerprint density at radius 1 is 1.31 bits per heavy atom. The summed E-state index contributed by atoms with van der Waals surface area (Å²) in [4.78, 5) is 11.2. The van der Waals surface area contributed by atoms with Crippen LogP contribution < -0.4 is 0 Å². The molecule has 0 bridgehead atoms. The summed E-state index contributed by atoms with van der Waals surface area (Å²) < 4.78 is 16.7. The molecule has 0 saturated heterocycles. The summed E-state index contributed by atoms with van der Waals surface area (Å²) in [5.74, 6) is -0.433. The molecule has 94 valence electrons. The van der Waals surface area contributed by atoms with E-state index in [0.717, 1.165) is 12.1 Å². The minimum absolute atomic E-state index is 0.331. The molecule has 0 spiro atoms. The van der Waals surface area contributed by atoms with Crippen molar-refractivity contribution in [3.63, 3.8) is 0 Å². The fourth-order valence-electron chi connectivity index (χ4n) is 1.57. The molecule has 4 nitrogen and oxygen atoms in total. The van der Waals surface area contributed by atoms with Crippen molar-refractivity contribution < 1.29 is 18.4 Å². The second-order valence-electron chi connectivity index (χ2n) is 3.31. The summed E-state index contributed by atoms with van der Waals surface area (Å²) in [5, 5.41) is 0. The third kappa shape index (κ3) is 4.07. The molecule has 0 heterocycles. The predicted octanol–water partition coefficient (Wildman–Crippen LogP) is 2.18. The standard InChI is InChI=1S/C11H22O4Si/c1-6-11(12)15-10(5)16(9-4,13-7-2)14-8-3/h6,10H,1,7-9H2,2-5H3. The van der Waals surface area contributed by atoms with Gasteiger partial charge in [-0.15, -0.1) is 0 Å². The van der Waals surface area contributed by atoms with Crippen LogP contribution in [0.1, 0.15) is 27.7 Å². The fraction of sp³-hybridized carbons (Fsp3) is 0.727. The zero-order valence-electron chi connectivity index (χ0n) is 10.6. The number of rotatable bonds is 8. The van der Waals surface area contributed by atoms with Gasteiger partial charge in [-0.1, -0.05) is 13.5 Å². The van der Waals surface area contributed by atoms with E-state index in [0.29, 0.717) is 13.2 Å². The van der Waals surface area contributed by atoms with Crippen molar-refractivity contribution in [3.8, 4) is 0 Å². The minimum Gasteiger partial charge on any atom is -0.458 e. The summed E-state index contributed by atoms with van der Waals surface area (Å²) in [7, 11) is -2.44. The third-order valence-electron chi connectivity index (χ3n) is 2.35. The van der Waals surface area contributed by atoms with Crippen LogP contribution in [0.4, 0.5) is 0 Å². The van der Waals surface area contributed by atoms with Crippen molar-refractivity contribution in [3.05, 3.63) is 12.7 Å². The Kier molecular flexibility index (Phi) is 7.28. The lowest BCUT2D eigenvalue weighted by Gasteiger charge is -2.33. The fourth-order valence-corrected chi connectivity index (χ4v) is 4.38. The zero-order valence-corrected chi connectivity index (χ0v) is 11.6. The first kappa shape index (κ1) is 15.3. The number of esters is 1. The number of hydrogen-bond acceptors (Lipinski definition) is 4. The average molecular weight is 246 g/mol. The molecule has 1 atom stereocenters. The largest absolute Gasteiger partial charge is 0.458 e. The van der Waals surface area contributed by atoms with Crippen molar-refractivity contribution in [2.45, 2.75) is 39.5 Å². The van der Waals surface area contributed by atoms with Crippen LogP contribution in [0.5, 0.6) is 0 Å². The van der Waals surface area contributed by atoms with Gasteiger partial charge in [0, 0.05) is 19.3 Å². The van der Waals surface area contributed by atoms with Crippen molar-refractivity contribution in [1.29, 1.82) is 0 Å². The quantitative estimate of drug-likeness (QED) is 0.374. The summed E-state index contributed by atoms with van der Waals surface area (Å²) in [6.45, 7) is 12.2. The van der Waals surface area contributed by atoms with Crippen molar-refractivity contribution >= 4 is 14.5 Å². The normalized spacial score (nSPS) is 13.2. The van der Waals surface area contributed by atoms with E-state index in [4.69, 9.17) is 13.6 Å². The van der Waals surface area contributed by atoms with Gasteiger partial charge in [-0.2, -0.15) is 0 Å². The molecule has 0 radical (unpaired) electrons. The van der Waals surface area contributed by atoms with Crippen LogP contribution in [-0.4, -0.2) is 33.5 Å². The first-order valence-corrected chi connectivity index (χ1v) is 7.77. The molecule has 0 aliphatic heterocycles. The molecule has 5 heteroatoms. The number of carbonyl (C=O) groups is 1. The van der Waals surface area contributed by atoms with Gasteiger partial charge in [0.05, 0.1) is 0 Å². The van der Waals surface area contributed by atoms with Gasteiger partial charge < -0.3 is 13.6 Å². The van der Waals surface area contributed by atoms with Gasteiger partial charge in [0.25, 0.3) is 0 Å². The van der Waals surface area contributed by atoms with Crippen LogP contribution in [0.3, 0.4) is 0 Å². The number of carbonyl (C=O) groups excluding carboxylic acids is 1. The van der Waals surface area contributed by atoms with Gasteiger partial charge in [-0.25, -0.2) is 4.79 Å². The van der Waals surface area contributed by atoms with Crippen LogP contribution in [0.2, 0.25) is 6.04 Å². The third-order valence-corrected chi connectivity index (χ3v) is 6.25. The molecule has 0 N–H and O–H groups in total. The molecule has 0 saturated carbocycles. The van der Waals surface area contributed by atoms with E-state index < -0.39 is 14.5 Å². The second kappa shape index (κ2) is 7.59. The maximum absolute atomic E-state index is 11.2. The molecule has 0 aliphatic rings. The molecule has 16 heavy (non-hydrogen) atoms. The van der Waals surface area contributed by atoms with Gasteiger partial charge in [-0.05, 0) is 26.8 Å². The smallest absolute Gasteiger partial charge is 0.379 e. The Morgan fingerprint density at radius 2 is 1.81 bits per heavy atom. The Balaban J connectivity index is 4.69. The molecule has 0 aliphatic carbocycles. The highest BCUT2D eigenvalue weighted by atomic mass is 28.4. The predicted molar refractivity (Wildman–Crippen MR) is 65.2 cm³/mol. The van der Waals surface area contributed by atoms with Crippen LogP contribution in [0, 0.1) is 0 Å². The molecule has 1 unspecified atom stereocenters. The van der Waals surface area contributed by atoms with Gasteiger partial charge in [-0.3, -0.25) is 0 Å². The first-order chi connectivity index (χ1) is 7.56. The van der Waals surface area contributed by atoms with Crippen LogP contribution in [0.15, 0.2) is 12.7 Å². The lowest BCUT2D eigenvalue weighted by molar-refractivity contribution is -0.140. The Labute approximate surface area is 98.8 Å². The second-order valence-corrected chi connectivity index (χ2v) is 7.04. The monoisotopic (exact) mass is 246 g/mol. The van der Waals surface area contributed by atoms with Crippen LogP contribution in [-0.2, 0) is 18.4 Å². The van der Waals surface area contributed by atoms with Crippen molar-refractivity contribution in [2.24, 2.45) is 0 Å². The summed E-state index contributed by atoms with van der Waals surface area (Å²) in [6, 6.07) is 0.750. The van der Waals surface area contributed by atoms with Crippen LogP contribution >= 0.6 is 0 Å². The van der Waals surface area contributed by atoms with E-state index >= 15 is 0 Å². The molecular formula is C11H22O4Si. The Bertz CT molecular complexity index is 224. The highest BCUT2D eigenvalue weighted by molar-refractivity contribution is 6.68. The van der Waals surface area contributed by atoms with Crippen LogP contribution in [0.25, 0.3) is 0 Å². The Hall–Kier alpha value is -0.653. The maximum Gasteiger partial charge on any atom is 0.379 e. The maximum atomic E-state index is 11.2. The first-order valence-electron chi connectivity index (χ1n) is 5.67. The Morgan fingerprint density at radius 3 is 2.12 bits per heavy atom. The van der Waals surface area contributed by atoms with Gasteiger partial charge in [0.2, 0.25) is 0 Å². The molecular weight excluding hydrogens is 224 g/mol. The van der Waals surface area contributed by atoms with E-state index in [1.807, 2.05) is 27.7 Å². The summed E-state index contributed by atoms with van der Waals surface area (Å²) >= 11 is 0. The summed E-state index contributed by atoms with van der Waals surface area (Å²) in [6.07, 6.45) is 1.16. The molecule has 0 rings (SSSR count). The van der Waals surface area contributed by atoms with Crippen molar-refractivity contribution in [2.75, 3.05) is 13.2 Å².